The van der Waals surface area contributed by atoms with E-state index in [1.54, 1.807) is 11.3 Å². The average molecular weight is 417 g/mol. The van der Waals surface area contributed by atoms with Gasteiger partial charge in [-0.25, -0.2) is 4.98 Å². The van der Waals surface area contributed by atoms with E-state index in [2.05, 4.69) is 21.8 Å². The van der Waals surface area contributed by atoms with Crippen LogP contribution in [0.25, 0.3) is 11.0 Å². The number of nitrogens with zero attached hydrogens (tertiary/aromatic N) is 3. The molecule has 1 aliphatic rings. The molecule has 4 aromatic rings. The fourth-order valence-electron chi connectivity index (χ4n) is 4.21. The van der Waals surface area contributed by atoms with E-state index >= 15 is 0 Å². The summed E-state index contributed by atoms with van der Waals surface area (Å²) in [5, 5.41) is 5.11. The van der Waals surface area contributed by atoms with E-state index in [0.717, 1.165) is 48.0 Å². The Morgan fingerprint density at radius 3 is 2.97 bits per heavy atom. The normalized spacial score (nSPS) is 15.8. The molecule has 0 bridgehead atoms. The number of carbonyl (C=O) groups is 1. The Morgan fingerprint density at radius 2 is 2.10 bits per heavy atom. The number of para-hydroxylation sites is 2. The molecule has 0 aliphatic heterocycles. The molecule has 1 N–H and O–H groups in total. The van der Waals surface area contributed by atoms with Crippen molar-refractivity contribution in [3.05, 3.63) is 75.7 Å². The predicted octanol–water partition coefficient (Wildman–Crippen LogP) is 5.11. The Kier molecular flexibility index (Phi) is 5.09. The lowest BCUT2D eigenvalue weighted by atomic mass is 9.88. The molecule has 30 heavy (non-hydrogen) atoms. The summed E-state index contributed by atoms with van der Waals surface area (Å²) < 4.78 is 2.09. The maximum absolute atomic E-state index is 13.2. The lowest BCUT2D eigenvalue weighted by Crippen LogP contribution is -2.19. The Balaban J connectivity index is 1.43. The van der Waals surface area contributed by atoms with Crippen molar-refractivity contribution in [3.8, 4) is 0 Å². The van der Waals surface area contributed by atoms with E-state index in [-0.39, 0.29) is 5.91 Å². The van der Waals surface area contributed by atoms with Crippen LogP contribution >= 0.6 is 11.3 Å². The molecule has 5 nitrogen and oxygen atoms in total. The number of pyridine rings is 1. The van der Waals surface area contributed by atoms with Crippen LogP contribution in [0.4, 0.5) is 5.95 Å². The molecule has 1 aliphatic carbocycles. The zero-order chi connectivity index (χ0) is 20.5. The van der Waals surface area contributed by atoms with Crippen molar-refractivity contribution >= 4 is 34.2 Å². The molecule has 0 fully saturated rings. The summed E-state index contributed by atoms with van der Waals surface area (Å²) in [5.74, 6) is 1.24. The summed E-state index contributed by atoms with van der Waals surface area (Å²) in [6.07, 6.45) is 5.79. The Hall–Kier alpha value is -2.99. The zero-order valence-corrected chi connectivity index (χ0v) is 17.8. The van der Waals surface area contributed by atoms with E-state index in [1.807, 2.05) is 54.0 Å². The first kappa shape index (κ1) is 19.0. The number of hydrogen-bond acceptors (Lipinski definition) is 4. The van der Waals surface area contributed by atoms with E-state index in [4.69, 9.17) is 4.98 Å². The minimum Gasteiger partial charge on any atom is -0.310 e. The first-order valence-electron chi connectivity index (χ1n) is 10.4. The summed E-state index contributed by atoms with van der Waals surface area (Å²) in [6.45, 7) is 2.98. The molecule has 1 atom stereocenters. The van der Waals surface area contributed by atoms with Gasteiger partial charge in [0.25, 0.3) is 5.91 Å². The third kappa shape index (κ3) is 3.63. The standard InChI is InChI=1S/C24H24N4OS/c1-16-9-10-18-19(15-30-22(18)14-16)23(29)27-24-26-20-7-2-3-8-21(20)28(24)13-11-17-6-4-5-12-25-17/h2-8,12,15-16H,9-11,13-14H2,1H3,(H,26,27,29). The van der Waals surface area contributed by atoms with Gasteiger partial charge in [-0.1, -0.05) is 25.1 Å². The highest BCUT2D eigenvalue weighted by Gasteiger charge is 2.24. The number of imidazole rings is 1. The van der Waals surface area contributed by atoms with Gasteiger partial charge in [0.1, 0.15) is 0 Å². The molecule has 1 amide bonds. The number of aromatic nitrogens is 3. The fourth-order valence-corrected chi connectivity index (χ4v) is 5.45. The second-order valence-electron chi connectivity index (χ2n) is 8.00. The van der Waals surface area contributed by atoms with Gasteiger partial charge in [-0.2, -0.15) is 0 Å². The van der Waals surface area contributed by atoms with Gasteiger partial charge in [0, 0.05) is 35.1 Å². The van der Waals surface area contributed by atoms with Gasteiger partial charge in [0.05, 0.1) is 16.6 Å². The lowest BCUT2D eigenvalue weighted by molar-refractivity contribution is 0.102. The molecule has 152 valence electrons. The van der Waals surface area contributed by atoms with Crippen LogP contribution in [0.2, 0.25) is 0 Å². The van der Waals surface area contributed by atoms with Crippen molar-refractivity contribution in [2.45, 2.75) is 39.2 Å². The number of fused-ring (bicyclic) bond motifs is 2. The third-order valence-electron chi connectivity index (χ3n) is 5.84. The van der Waals surface area contributed by atoms with Gasteiger partial charge in [0.15, 0.2) is 0 Å². The van der Waals surface area contributed by atoms with Crippen molar-refractivity contribution < 1.29 is 4.79 Å². The smallest absolute Gasteiger partial charge is 0.259 e. The summed E-state index contributed by atoms with van der Waals surface area (Å²) in [5.41, 5.74) is 4.96. The second kappa shape index (κ2) is 8.03. The maximum atomic E-state index is 13.2. The molecule has 3 aromatic heterocycles. The van der Waals surface area contributed by atoms with E-state index in [0.29, 0.717) is 18.4 Å². The highest BCUT2D eigenvalue weighted by Crippen LogP contribution is 2.33. The number of thiophene rings is 1. The molecule has 0 saturated carbocycles. The molecular weight excluding hydrogens is 392 g/mol. The van der Waals surface area contributed by atoms with Crippen molar-refractivity contribution in [2.75, 3.05) is 5.32 Å². The Bertz CT molecular complexity index is 1190. The van der Waals surface area contributed by atoms with Gasteiger partial charge in [-0.15, -0.1) is 11.3 Å². The summed E-state index contributed by atoms with van der Waals surface area (Å²) in [4.78, 5) is 23.7. The third-order valence-corrected chi connectivity index (χ3v) is 6.90. The molecule has 6 heteroatoms. The molecule has 0 radical (unpaired) electrons. The van der Waals surface area contributed by atoms with Crippen LogP contribution in [0, 0.1) is 5.92 Å². The first-order valence-corrected chi connectivity index (χ1v) is 11.3. The van der Waals surface area contributed by atoms with E-state index in [9.17, 15) is 4.79 Å². The average Bonchev–Trinajstić information content (AvgIpc) is 3.33. The van der Waals surface area contributed by atoms with Gasteiger partial charge in [0.2, 0.25) is 5.95 Å². The molecule has 1 unspecified atom stereocenters. The monoisotopic (exact) mass is 416 g/mol. The van der Waals surface area contributed by atoms with Crippen LogP contribution in [0.1, 0.15) is 39.8 Å². The summed E-state index contributed by atoms with van der Waals surface area (Å²) in [7, 11) is 0. The van der Waals surface area contributed by atoms with Gasteiger partial charge in [-0.05, 0) is 55.0 Å². The number of carbonyl (C=O) groups excluding carboxylic acids is 1. The molecule has 0 spiro atoms. The number of nitrogens with one attached hydrogen (secondary N) is 1. The van der Waals surface area contributed by atoms with Crippen molar-refractivity contribution in [1.82, 2.24) is 14.5 Å². The number of amides is 1. The van der Waals surface area contributed by atoms with Crippen LogP contribution in [-0.4, -0.2) is 20.4 Å². The lowest BCUT2D eigenvalue weighted by Gasteiger charge is -2.18. The quantitative estimate of drug-likeness (QED) is 0.492. The van der Waals surface area contributed by atoms with Gasteiger partial charge >= 0.3 is 0 Å². The first-order chi connectivity index (χ1) is 14.7. The largest absolute Gasteiger partial charge is 0.310 e. The maximum Gasteiger partial charge on any atom is 0.259 e. The highest BCUT2D eigenvalue weighted by atomic mass is 32.1. The second-order valence-corrected chi connectivity index (χ2v) is 8.96. The van der Waals surface area contributed by atoms with Crippen LogP contribution < -0.4 is 5.32 Å². The Labute approximate surface area is 179 Å². The Morgan fingerprint density at radius 1 is 1.23 bits per heavy atom. The van der Waals surface area contributed by atoms with Crippen LogP contribution in [-0.2, 0) is 25.8 Å². The SMILES string of the molecule is CC1CCc2c(C(=O)Nc3nc4ccccc4n3CCc3ccccn3)csc2C1. The molecular formula is C24H24N4OS. The number of rotatable bonds is 5. The van der Waals surface area contributed by atoms with E-state index in [1.165, 1.54) is 10.4 Å². The number of aryl methyl sites for hydroxylation is 2. The van der Waals surface area contributed by atoms with Crippen LogP contribution in [0.5, 0.6) is 0 Å². The van der Waals surface area contributed by atoms with Crippen molar-refractivity contribution in [3.63, 3.8) is 0 Å². The zero-order valence-electron chi connectivity index (χ0n) is 17.0. The molecule has 0 saturated heterocycles. The van der Waals surface area contributed by atoms with Crippen LogP contribution in [0.3, 0.4) is 0 Å². The molecule has 3 heterocycles. The number of benzene rings is 1. The van der Waals surface area contributed by atoms with Crippen molar-refractivity contribution in [1.29, 1.82) is 0 Å². The van der Waals surface area contributed by atoms with E-state index < -0.39 is 0 Å². The minimum absolute atomic E-state index is 0.0588. The van der Waals surface area contributed by atoms with Crippen LogP contribution in [0.15, 0.2) is 54.0 Å². The fraction of sp³-hybridized carbons (Fsp3) is 0.292. The molecule has 5 rings (SSSR count). The number of anilines is 1. The van der Waals surface area contributed by atoms with Gasteiger partial charge < -0.3 is 4.57 Å². The summed E-state index contributed by atoms with van der Waals surface area (Å²) in [6, 6.07) is 13.9. The molecule has 1 aromatic carbocycles. The summed E-state index contributed by atoms with van der Waals surface area (Å²) >= 11 is 1.72. The van der Waals surface area contributed by atoms with Crippen molar-refractivity contribution in [2.24, 2.45) is 5.92 Å². The topological polar surface area (TPSA) is 59.8 Å². The van der Waals surface area contributed by atoms with Gasteiger partial charge in [-0.3, -0.25) is 15.1 Å². The minimum atomic E-state index is -0.0588. The number of hydrogen-bond donors (Lipinski definition) is 1. The predicted molar refractivity (Wildman–Crippen MR) is 121 cm³/mol. The highest BCUT2D eigenvalue weighted by molar-refractivity contribution is 7.10.